The number of esters is 1. The van der Waals surface area contributed by atoms with Crippen LogP contribution in [0.4, 0.5) is 0 Å². The summed E-state index contributed by atoms with van der Waals surface area (Å²) < 4.78 is 8.60. The number of halogens is 1. The Kier molecular flexibility index (Phi) is 8.46. The molecule has 0 unspecified atom stereocenters. The Labute approximate surface area is 265 Å². The second-order valence-corrected chi connectivity index (χ2v) is 13.1. The first-order valence-electron chi connectivity index (χ1n) is 13.6. The molecule has 5 nitrogen and oxygen atoms in total. The molecule has 0 saturated carbocycles. The molecule has 0 bridgehead atoms. The van der Waals surface area contributed by atoms with Gasteiger partial charge >= 0.3 is 5.97 Å². The predicted octanol–water partition coefficient (Wildman–Crippen LogP) is 6.85. The molecule has 0 spiro atoms. The van der Waals surface area contributed by atoms with E-state index in [1.54, 1.807) is 4.57 Å². The van der Waals surface area contributed by atoms with E-state index in [1.807, 2.05) is 61.2 Å². The van der Waals surface area contributed by atoms with Crippen LogP contribution < -0.4 is 14.9 Å². The van der Waals surface area contributed by atoms with Crippen LogP contribution in [0.25, 0.3) is 16.8 Å². The number of rotatable bonds is 7. The zero-order chi connectivity index (χ0) is 29.2. The number of allylic oxidation sites excluding steroid dienone is 1. The molecule has 4 aromatic carbocycles. The van der Waals surface area contributed by atoms with Gasteiger partial charge in [-0.15, -0.1) is 11.8 Å². The summed E-state index contributed by atoms with van der Waals surface area (Å²) in [6.45, 7) is 1.96. The van der Waals surface area contributed by atoms with E-state index >= 15 is 0 Å². The molecule has 42 heavy (non-hydrogen) atoms. The third-order valence-electron chi connectivity index (χ3n) is 7.28. The highest BCUT2D eigenvalue weighted by Gasteiger charge is 2.33. The van der Waals surface area contributed by atoms with E-state index in [1.165, 1.54) is 32.5 Å². The standard InChI is InChI=1S/C34H27IN2O3S2/c1-3-27-30(33(39)40-2)31(22-9-5-4-6-10-22)37-32(38)29(42-34(37)36-27)19-23-15-18-28(26-12-8-7-11-25(23)26)41-20-21-13-16-24(35)17-14-21/h4-19,31H,3,20H2,1-2H3/b29-19-/t31-/m1/s1. The summed E-state index contributed by atoms with van der Waals surface area (Å²) in [4.78, 5) is 33.6. The molecule has 0 amide bonds. The Morgan fingerprint density at radius 1 is 1.00 bits per heavy atom. The minimum absolute atomic E-state index is 0.176. The van der Waals surface area contributed by atoms with Crippen molar-refractivity contribution in [2.45, 2.75) is 30.0 Å². The Bertz CT molecular complexity index is 2010. The molecule has 0 radical (unpaired) electrons. The van der Waals surface area contributed by atoms with Gasteiger partial charge in [0.1, 0.15) is 0 Å². The van der Waals surface area contributed by atoms with Crippen molar-refractivity contribution in [1.82, 2.24) is 4.57 Å². The summed E-state index contributed by atoms with van der Waals surface area (Å²) >= 11 is 5.49. The number of aromatic nitrogens is 1. The Balaban J connectivity index is 1.46. The van der Waals surface area contributed by atoms with E-state index in [0.29, 0.717) is 27.0 Å². The third kappa shape index (κ3) is 5.50. The number of thiazole rings is 1. The SMILES string of the molecule is CCC1=C(C(=O)OC)[C@@H](c2ccccc2)n2c(s/c(=C\c3ccc(SCc4ccc(I)cc4)c4ccccc34)c2=O)=N1. The molecule has 6 rings (SSSR count). The summed E-state index contributed by atoms with van der Waals surface area (Å²) in [6, 6.07) is 30.2. The number of carbonyl (C=O) groups is 1. The van der Waals surface area contributed by atoms with E-state index in [2.05, 4.69) is 77.2 Å². The number of methoxy groups -OCH3 is 1. The molecule has 5 aromatic rings. The summed E-state index contributed by atoms with van der Waals surface area (Å²) in [6.07, 6.45) is 2.50. The van der Waals surface area contributed by atoms with Crippen LogP contribution in [0.3, 0.4) is 0 Å². The number of thioether (sulfide) groups is 1. The summed E-state index contributed by atoms with van der Waals surface area (Å²) in [5.41, 5.74) is 3.96. The number of benzene rings is 4. The third-order valence-corrected chi connectivity index (χ3v) is 10.1. The minimum atomic E-state index is -0.608. The quantitative estimate of drug-likeness (QED) is 0.106. The van der Waals surface area contributed by atoms with E-state index < -0.39 is 12.0 Å². The fraction of sp³-hybridized carbons (Fsp3) is 0.147. The molecule has 0 aliphatic carbocycles. The van der Waals surface area contributed by atoms with Crippen LogP contribution >= 0.6 is 45.7 Å². The molecular formula is C34H27IN2O3S2. The Hall–Kier alpha value is -3.47. The van der Waals surface area contributed by atoms with Crippen LogP contribution in [0, 0.1) is 3.57 Å². The van der Waals surface area contributed by atoms with E-state index in [4.69, 9.17) is 9.73 Å². The van der Waals surface area contributed by atoms with Crippen LogP contribution in [-0.2, 0) is 15.3 Å². The summed E-state index contributed by atoms with van der Waals surface area (Å²) in [5, 5.41) is 2.23. The van der Waals surface area contributed by atoms with Crippen LogP contribution in [0.2, 0.25) is 0 Å². The number of nitrogens with zero attached hydrogens (tertiary/aromatic N) is 2. The molecule has 0 fully saturated rings. The van der Waals surface area contributed by atoms with Gasteiger partial charge in [0.05, 0.1) is 29.0 Å². The lowest BCUT2D eigenvalue weighted by Crippen LogP contribution is -2.40. The fourth-order valence-electron chi connectivity index (χ4n) is 5.24. The van der Waals surface area contributed by atoms with Gasteiger partial charge < -0.3 is 4.74 Å². The highest BCUT2D eigenvalue weighted by Crippen LogP contribution is 2.34. The number of carbonyl (C=O) groups excluding carboxylic acids is 1. The summed E-state index contributed by atoms with van der Waals surface area (Å²) in [5.74, 6) is 0.406. The lowest BCUT2D eigenvalue weighted by Gasteiger charge is -2.25. The maximum atomic E-state index is 14.0. The predicted molar refractivity (Wildman–Crippen MR) is 180 cm³/mol. The first kappa shape index (κ1) is 28.6. The van der Waals surface area contributed by atoms with Crippen molar-refractivity contribution in [3.05, 3.63) is 142 Å². The van der Waals surface area contributed by atoms with Crippen molar-refractivity contribution in [1.29, 1.82) is 0 Å². The van der Waals surface area contributed by atoms with Gasteiger partial charge in [0, 0.05) is 14.2 Å². The van der Waals surface area contributed by atoms with Crippen molar-refractivity contribution in [2.24, 2.45) is 4.99 Å². The molecule has 1 aromatic heterocycles. The largest absolute Gasteiger partial charge is 0.466 e. The highest BCUT2D eigenvalue weighted by molar-refractivity contribution is 14.1. The number of ether oxygens (including phenoxy) is 1. The number of hydrogen-bond donors (Lipinski definition) is 0. The summed E-state index contributed by atoms with van der Waals surface area (Å²) in [7, 11) is 1.36. The Morgan fingerprint density at radius 2 is 1.71 bits per heavy atom. The maximum absolute atomic E-state index is 14.0. The van der Waals surface area contributed by atoms with Gasteiger partial charge in [0.2, 0.25) is 0 Å². The second-order valence-electron chi connectivity index (χ2n) is 9.81. The number of fused-ring (bicyclic) bond motifs is 2. The topological polar surface area (TPSA) is 60.7 Å². The van der Waals surface area contributed by atoms with E-state index in [-0.39, 0.29) is 5.56 Å². The normalized spacial score (nSPS) is 15.0. The van der Waals surface area contributed by atoms with Crippen LogP contribution in [0.5, 0.6) is 0 Å². The average Bonchev–Trinajstić information content (AvgIpc) is 3.34. The van der Waals surface area contributed by atoms with Gasteiger partial charge in [-0.1, -0.05) is 91.1 Å². The van der Waals surface area contributed by atoms with Crippen LogP contribution in [-0.4, -0.2) is 17.6 Å². The molecule has 1 aliphatic heterocycles. The van der Waals surface area contributed by atoms with Crippen molar-refractivity contribution < 1.29 is 9.53 Å². The van der Waals surface area contributed by atoms with Gasteiger partial charge in [-0.05, 0) is 80.7 Å². The smallest absolute Gasteiger partial charge is 0.338 e. The van der Waals surface area contributed by atoms with Gasteiger partial charge in [-0.2, -0.15) is 0 Å². The monoisotopic (exact) mass is 702 g/mol. The first-order chi connectivity index (χ1) is 20.5. The highest BCUT2D eigenvalue weighted by atomic mass is 127. The molecule has 0 N–H and O–H groups in total. The lowest BCUT2D eigenvalue weighted by molar-refractivity contribution is -0.136. The first-order valence-corrected chi connectivity index (χ1v) is 16.4. The molecule has 1 atom stereocenters. The molecule has 8 heteroatoms. The minimum Gasteiger partial charge on any atom is -0.466 e. The average molecular weight is 703 g/mol. The molecule has 1 aliphatic rings. The van der Waals surface area contributed by atoms with E-state index in [0.717, 1.165) is 27.7 Å². The second kappa shape index (κ2) is 12.4. The van der Waals surface area contributed by atoms with E-state index in [9.17, 15) is 9.59 Å². The van der Waals surface area contributed by atoms with Crippen molar-refractivity contribution >= 4 is 68.5 Å². The maximum Gasteiger partial charge on any atom is 0.338 e. The zero-order valence-corrected chi connectivity index (χ0v) is 26.8. The van der Waals surface area contributed by atoms with Crippen LogP contribution in [0.15, 0.2) is 117 Å². The molecular weight excluding hydrogens is 675 g/mol. The molecule has 210 valence electrons. The number of hydrogen-bond acceptors (Lipinski definition) is 6. The lowest BCUT2D eigenvalue weighted by atomic mass is 9.95. The van der Waals surface area contributed by atoms with Gasteiger partial charge in [-0.25, -0.2) is 9.79 Å². The Morgan fingerprint density at radius 3 is 2.43 bits per heavy atom. The fourth-order valence-corrected chi connectivity index (χ4v) is 7.63. The molecule has 0 saturated heterocycles. The van der Waals surface area contributed by atoms with Crippen molar-refractivity contribution in [2.75, 3.05) is 7.11 Å². The molecule has 2 heterocycles. The van der Waals surface area contributed by atoms with Crippen molar-refractivity contribution in [3.63, 3.8) is 0 Å². The van der Waals surface area contributed by atoms with Gasteiger partial charge in [-0.3, -0.25) is 9.36 Å². The van der Waals surface area contributed by atoms with Gasteiger partial charge in [0.25, 0.3) is 5.56 Å². The zero-order valence-electron chi connectivity index (χ0n) is 23.0. The van der Waals surface area contributed by atoms with Crippen LogP contribution in [0.1, 0.15) is 36.1 Å². The van der Waals surface area contributed by atoms with Gasteiger partial charge in [0.15, 0.2) is 4.80 Å². The van der Waals surface area contributed by atoms with Crippen molar-refractivity contribution in [3.8, 4) is 0 Å².